The first-order valence-corrected chi connectivity index (χ1v) is 8.08. The fourth-order valence-electron chi connectivity index (χ4n) is 3.04. The molecule has 2 heterocycles. The number of β-amino-alcohol motifs (C(OH)–C–C–N with tert-alkyl or cyclic N) is 1. The van der Waals surface area contributed by atoms with Gasteiger partial charge in [0.1, 0.15) is 0 Å². The third-order valence-corrected chi connectivity index (χ3v) is 4.89. The van der Waals surface area contributed by atoms with E-state index in [-0.39, 0.29) is 6.54 Å². The number of nitrogens with zero attached hydrogens (tertiary/aromatic N) is 2. The average molecular weight is 324 g/mol. The van der Waals surface area contributed by atoms with Gasteiger partial charge >= 0.3 is 0 Å². The van der Waals surface area contributed by atoms with E-state index in [1.54, 1.807) is 24.3 Å². The molecule has 1 aromatic carbocycles. The highest BCUT2D eigenvalue weighted by Crippen LogP contribution is 2.28. The number of carbonyl (C=O) groups is 2. The normalized spacial score (nSPS) is 27.6. The highest BCUT2D eigenvalue weighted by molar-refractivity contribution is 7.76. The Kier molecular flexibility index (Phi) is 4.09. The van der Waals surface area contributed by atoms with Crippen LogP contribution in [0.2, 0.25) is 0 Å². The zero-order valence-electron chi connectivity index (χ0n) is 11.7. The lowest BCUT2D eigenvalue weighted by Crippen LogP contribution is -2.49. The summed E-state index contributed by atoms with van der Waals surface area (Å²) in [6.45, 7) is 0.279. The number of fused-ring (bicyclic) bond motifs is 1. The summed E-state index contributed by atoms with van der Waals surface area (Å²) in [4.78, 5) is 26.0. The molecule has 0 radical (unpaired) electrons. The second-order valence-electron chi connectivity index (χ2n) is 5.42. The molecule has 1 unspecified atom stereocenters. The number of carbonyl (C=O) groups excluding carboxylic acids is 2. The number of aliphatic hydroxyl groups is 1. The Morgan fingerprint density at radius 1 is 1.14 bits per heavy atom. The van der Waals surface area contributed by atoms with Crippen molar-refractivity contribution in [2.24, 2.45) is 0 Å². The lowest BCUT2D eigenvalue weighted by atomic mass is 10.1. The van der Waals surface area contributed by atoms with E-state index in [0.717, 1.165) is 4.90 Å². The smallest absolute Gasteiger partial charge is 0.261 e. The first-order valence-electron chi connectivity index (χ1n) is 7.01. The summed E-state index contributed by atoms with van der Waals surface area (Å²) in [5.41, 5.74) is 0.679. The van der Waals surface area contributed by atoms with E-state index in [1.165, 1.54) is 4.31 Å². The molecule has 2 amide bonds. The number of hydrogen-bond donors (Lipinski definition) is 2. The van der Waals surface area contributed by atoms with Gasteiger partial charge in [-0.3, -0.25) is 19.0 Å². The van der Waals surface area contributed by atoms with Gasteiger partial charge in [-0.1, -0.05) is 12.1 Å². The Morgan fingerprint density at radius 3 is 2.27 bits per heavy atom. The third kappa shape index (κ3) is 2.48. The predicted octanol–water partition coefficient (Wildman–Crippen LogP) is 0.245. The summed E-state index contributed by atoms with van der Waals surface area (Å²) in [5, 5.41) is 10.3. The van der Waals surface area contributed by atoms with Gasteiger partial charge in [-0.05, 0) is 25.0 Å². The van der Waals surface area contributed by atoms with Crippen LogP contribution < -0.4 is 0 Å². The van der Waals surface area contributed by atoms with E-state index >= 15 is 0 Å². The highest BCUT2D eigenvalue weighted by Gasteiger charge is 2.43. The molecule has 0 bridgehead atoms. The quantitative estimate of drug-likeness (QED) is 0.600. The monoisotopic (exact) mass is 324 g/mol. The molecule has 1 saturated heterocycles. The third-order valence-electron chi connectivity index (χ3n) is 4.12. The van der Waals surface area contributed by atoms with Gasteiger partial charge in [-0.15, -0.1) is 0 Å². The van der Waals surface area contributed by atoms with Crippen molar-refractivity contribution in [1.29, 1.82) is 0 Å². The van der Waals surface area contributed by atoms with E-state index in [4.69, 9.17) is 4.55 Å². The van der Waals surface area contributed by atoms with Crippen LogP contribution in [0, 0.1) is 0 Å². The molecule has 3 atom stereocenters. The first-order chi connectivity index (χ1) is 10.5. The molecular formula is C14H16N2O5S. The van der Waals surface area contributed by atoms with Gasteiger partial charge in [0.05, 0.1) is 23.3 Å². The molecule has 2 aliphatic heterocycles. The second kappa shape index (κ2) is 5.88. The minimum Gasteiger partial charge on any atom is -0.390 e. The van der Waals surface area contributed by atoms with Crippen molar-refractivity contribution >= 4 is 23.1 Å². The predicted molar refractivity (Wildman–Crippen MR) is 78.3 cm³/mol. The van der Waals surface area contributed by atoms with Crippen LogP contribution in [0.1, 0.15) is 33.6 Å². The maximum absolute atomic E-state index is 12.5. The van der Waals surface area contributed by atoms with Crippen molar-refractivity contribution in [2.45, 2.75) is 25.0 Å². The fraction of sp³-hybridized carbons (Fsp3) is 0.429. The topological polar surface area (TPSA) is 98.2 Å². The second-order valence-corrected chi connectivity index (χ2v) is 6.40. The standard InChI is InChI=1S/C14H16N2O5S/c17-12-8-15(22(20)21)7-3-6-11(12)16-13(18)9-4-1-2-5-10(9)14(16)19/h1-2,4-5,11-12,17H,3,6-8H2,(H,20,21)/t11-,12-/m0/s1. The van der Waals surface area contributed by atoms with Crippen LogP contribution in [0.3, 0.4) is 0 Å². The Bertz CT molecular complexity index is 615. The molecule has 0 aliphatic carbocycles. The van der Waals surface area contributed by atoms with Gasteiger partial charge in [0.2, 0.25) is 11.3 Å². The number of imide groups is 1. The Morgan fingerprint density at radius 2 is 1.73 bits per heavy atom. The maximum Gasteiger partial charge on any atom is 0.261 e. The van der Waals surface area contributed by atoms with Gasteiger partial charge in [0, 0.05) is 13.1 Å². The van der Waals surface area contributed by atoms with E-state index in [9.17, 15) is 18.9 Å². The number of benzene rings is 1. The van der Waals surface area contributed by atoms with Crippen LogP contribution in [-0.2, 0) is 11.3 Å². The van der Waals surface area contributed by atoms with Crippen LogP contribution >= 0.6 is 0 Å². The molecule has 7 nitrogen and oxygen atoms in total. The maximum atomic E-state index is 12.5. The van der Waals surface area contributed by atoms with E-state index < -0.39 is 35.2 Å². The molecule has 0 spiro atoms. The molecule has 118 valence electrons. The van der Waals surface area contributed by atoms with Crippen LogP contribution in [0.4, 0.5) is 0 Å². The SMILES string of the molecule is O=C1c2ccccc2C(=O)N1[C@H]1CCCN(S(=O)O)C[C@@H]1O. The molecule has 8 heteroatoms. The molecule has 2 N–H and O–H groups in total. The Labute approximate surface area is 129 Å². The van der Waals surface area contributed by atoms with Crippen molar-refractivity contribution in [2.75, 3.05) is 13.1 Å². The van der Waals surface area contributed by atoms with Crippen LogP contribution in [0.15, 0.2) is 24.3 Å². The number of rotatable bonds is 2. The lowest BCUT2D eigenvalue weighted by molar-refractivity contribution is 0.0322. The summed E-state index contributed by atoms with van der Waals surface area (Å²) in [6.07, 6.45) is -0.136. The van der Waals surface area contributed by atoms with Crippen molar-refractivity contribution in [3.05, 3.63) is 35.4 Å². The summed E-state index contributed by atoms with van der Waals surface area (Å²) < 4.78 is 21.5. The van der Waals surface area contributed by atoms with Crippen molar-refractivity contribution in [1.82, 2.24) is 9.21 Å². The van der Waals surface area contributed by atoms with Crippen molar-refractivity contribution in [3.63, 3.8) is 0 Å². The van der Waals surface area contributed by atoms with E-state index in [1.807, 2.05) is 0 Å². The van der Waals surface area contributed by atoms with E-state index in [2.05, 4.69) is 0 Å². The van der Waals surface area contributed by atoms with Gasteiger partial charge < -0.3 is 5.11 Å². The van der Waals surface area contributed by atoms with Crippen LogP contribution in [-0.4, -0.2) is 60.1 Å². The molecule has 1 aromatic rings. The molecule has 0 saturated carbocycles. The molecular weight excluding hydrogens is 308 g/mol. The van der Waals surface area contributed by atoms with Gasteiger partial charge in [0.25, 0.3) is 11.8 Å². The average Bonchev–Trinajstić information content (AvgIpc) is 2.64. The summed E-state index contributed by atoms with van der Waals surface area (Å²) in [6, 6.07) is 5.88. The lowest BCUT2D eigenvalue weighted by Gasteiger charge is -2.29. The number of amides is 2. The Balaban J connectivity index is 1.87. The molecule has 0 aromatic heterocycles. The fourth-order valence-corrected chi connectivity index (χ4v) is 3.61. The first kappa shape index (κ1) is 15.3. The summed E-state index contributed by atoms with van der Waals surface area (Å²) >= 11 is -2.17. The minimum atomic E-state index is -2.17. The zero-order chi connectivity index (χ0) is 15.9. The summed E-state index contributed by atoms with van der Waals surface area (Å²) in [5.74, 6) is -0.827. The number of hydrogen-bond acceptors (Lipinski definition) is 4. The number of aliphatic hydroxyl groups excluding tert-OH is 1. The Hall–Kier alpha value is -1.61. The highest BCUT2D eigenvalue weighted by atomic mass is 32.2. The van der Waals surface area contributed by atoms with Gasteiger partial charge in [0.15, 0.2) is 0 Å². The molecule has 2 aliphatic rings. The molecule has 1 fully saturated rings. The molecule has 3 rings (SSSR count). The van der Waals surface area contributed by atoms with Gasteiger partial charge in [-0.2, -0.15) is 4.31 Å². The van der Waals surface area contributed by atoms with E-state index in [0.29, 0.717) is 30.5 Å². The van der Waals surface area contributed by atoms with Crippen LogP contribution in [0.25, 0.3) is 0 Å². The zero-order valence-corrected chi connectivity index (χ0v) is 12.5. The largest absolute Gasteiger partial charge is 0.390 e. The van der Waals surface area contributed by atoms with Gasteiger partial charge in [-0.25, -0.2) is 4.21 Å². The van der Waals surface area contributed by atoms with Crippen molar-refractivity contribution in [3.8, 4) is 0 Å². The summed E-state index contributed by atoms with van der Waals surface area (Å²) in [7, 11) is 0. The van der Waals surface area contributed by atoms with Crippen molar-refractivity contribution < 1.29 is 23.5 Å². The van der Waals surface area contributed by atoms with Crippen LogP contribution in [0.5, 0.6) is 0 Å². The molecule has 22 heavy (non-hydrogen) atoms. The minimum absolute atomic E-state index is 0.0544.